The molecule has 4 rings (SSSR count). The second kappa shape index (κ2) is 6.87. The third-order valence-electron chi connectivity index (χ3n) is 4.77. The third kappa shape index (κ3) is 3.43. The lowest BCUT2D eigenvalue weighted by molar-refractivity contribution is -0.137. The predicted molar refractivity (Wildman–Crippen MR) is 95.4 cm³/mol. The van der Waals surface area contributed by atoms with Crippen molar-refractivity contribution in [1.82, 2.24) is 15.3 Å². The van der Waals surface area contributed by atoms with Gasteiger partial charge in [-0.1, -0.05) is 0 Å². The lowest BCUT2D eigenvalue weighted by Gasteiger charge is -2.09. The molecule has 8 heteroatoms. The molecular weight excluding hydrogens is 371 g/mol. The molecule has 0 fully saturated rings. The molecule has 0 radical (unpaired) electrons. The average Bonchev–Trinajstić information content (AvgIpc) is 3.06. The van der Waals surface area contributed by atoms with E-state index in [1.165, 1.54) is 6.07 Å². The van der Waals surface area contributed by atoms with Gasteiger partial charge in [0.15, 0.2) is 0 Å². The number of hydrogen-bond donors (Lipinski definition) is 1. The zero-order valence-electron chi connectivity index (χ0n) is 14.9. The number of carbonyl (C=O) groups excluding carboxylic acids is 1. The fraction of sp³-hybridized carbons (Fsp3) is 0.250. The van der Waals surface area contributed by atoms with Crippen molar-refractivity contribution < 1.29 is 22.7 Å². The summed E-state index contributed by atoms with van der Waals surface area (Å²) >= 11 is 0. The third-order valence-corrected chi connectivity index (χ3v) is 4.77. The molecule has 1 amide bonds. The summed E-state index contributed by atoms with van der Waals surface area (Å²) in [6.07, 6.45) is -1.91. The Kier molecular flexibility index (Phi) is 4.50. The molecule has 5 nitrogen and oxygen atoms in total. The SMILES string of the molecule is CC1OCc2c1cnc1ccc(C(=O)NCc3ccc(C(F)(F)F)cn3)cc21. The molecular formula is C20H16F3N3O2. The van der Waals surface area contributed by atoms with Crippen LogP contribution in [0.25, 0.3) is 10.9 Å². The summed E-state index contributed by atoms with van der Waals surface area (Å²) in [5, 5.41) is 3.54. The van der Waals surface area contributed by atoms with Crippen LogP contribution in [-0.4, -0.2) is 15.9 Å². The first kappa shape index (κ1) is 18.4. The standard InChI is InChI=1S/C20H16F3N3O2/c1-11-16-9-25-18-5-2-12(6-15(18)17(16)10-28-11)19(27)26-8-14-4-3-13(7-24-14)20(21,22)23/h2-7,9,11H,8,10H2,1H3,(H,26,27). The van der Waals surface area contributed by atoms with Crippen LogP contribution in [0.15, 0.2) is 42.7 Å². The highest BCUT2D eigenvalue weighted by Gasteiger charge is 2.30. The molecule has 1 atom stereocenters. The van der Waals surface area contributed by atoms with E-state index in [-0.39, 0.29) is 18.6 Å². The predicted octanol–water partition coefficient (Wildman–Crippen LogP) is 4.17. The van der Waals surface area contributed by atoms with Crippen LogP contribution >= 0.6 is 0 Å². The van der Waals surface area contributed by atoms with Crippen molar-refractivity contribution in [2.75, 3.05) is 0 Å². The number of amides is 1. The van der Waals surface area contributed by atoms with Gasteiger partial charge in [-0.15, -0.1) is 0 Å². The van der Waals surface area contributed by atoms with Crippen LogP contribution in [0.3, 0.4) is 0 Å². The van der Waals surface area contributed by atoms with Gasteiger partial charge in [-0.25, -0.2) is 0 Å². The molecule has 3 aromatic rings. The van der Waals surface area contributed by atoms with E-state index in [1.807, 2.05) is 6.92 Å². The molecule has 0 spiro atoms. The Morgan fingerprint density at radius 2 is 2.04 bits per heavy atom. The lowest BCUT2D eigenvalue weighted by Crippen LogP contribution is -2.23. The van der Waals surface area contributed by atoms with Crippen molar-refractivity contribution in [2.45, 2.75) is 32.4 Å². The summed E-state index contributed by atoms with van der Waals surface area (Å²) < 4.78 is 43.4. The Balaban J connectivity index is 1.51. The zero-order valence-corrected chi connectivity index (χ0v) is 14.9. The Morgan fingerprint density at radius 1 is 1.21 bits per heavy atom. The zero-order chi connectivity index (χ0) is 19.9. The molecule has 1 aliphatic rings. The van der Waals surface area contributed by atoms with Crippen LogP contribution < -0.4 is 5.32 Å². The first-order valence-electron chi connectivity index (χ1n) is 8.66. The number of halogens is 3. The molecule has 1 unspecified atom stereocenters. The maximum atomic E-state index is 12.6. The van der Waals surface area contributed by atoms with Crippen molar-refractivity contribution in [3.8, 4) is 0 Å². The monoisotopic (exact) mass is 387 g/mol. The van der Waals surface area contributed by atoms with E-state index in [1.54, 1.807) is 24.4 Å². The number of aromatic nitrogens is 2. The number of rotatable bonds is 3. The van der Waals surface area contributed by atoms with Crippen LogP contribution in [0.1, 0.15) is 45.8 Å². The van der Waals surface area contributed by atoms with E-state index in [0.717, 1.165) is 34.3 Å². The molecule has 0 bridgehead atoms. The highest BCUT2D eigenvalue weighted by Crippen LogP contribution is 2.34. The number of fused-ring (bicyclic) bond motifs is 3. The summed E-state index contributed by atoms with van der Waals surface area (Å²) in [5.41, 5.74) is 2.77. The summed E-state index contributed by atoms with van der Waals surface area (Å²) in [6.45, 7) is 2.45. The highest BCUT2D eigenvalue weighted by atomic mass is 19.4. The second-order valence-corrected chi connectivity index (χ2v) is 6.60. The quantitative estimate of drug-likeness (QED) is 0.733. The summed E-state index contributed by atoms with van der Waals surface area (Å²) in [4.78, 5) is 20.6. The van der Waals surface area contributed by atoms with Gasteiger partial charge in [0.25, 0.3) is 5.91 Å². The normalized spacial score (nSPS) is 16.2. The van der Waals surface area contributed by atoms with Gasteiger partial charge in [-0.05, 0) is 42.8 Å². The van der Waals surface area contributed by atoms with Crippen molar-refractivity contribution in [3.63, 3.8) is 0 Å². The van der Waals surface area contributed by atoms with Gasteiger partial charge in [-0.3, -0.25) is 14.8 Å². The molecule has 3 heterocycles. The largest absolute Gasteiger partial charge is 0.417 e. The number of ether oxygens (including phenoxy) is 1. The van der Waals surface area contributed by atoms with E-state index < -0.39 is 11.7 Å². The number of nitrogens with one attached hydrogen (secondary N) is 1. The number of carbonyl (C=O) groups is 1. The first-order valence-corrected chi connectivity index (χ1v) is 8.66. The Hall–Kier alpha value is -3.00. The van der Waals surface area contributed by atoms with E-state index in [0.29, 0.717) is 17.9 Å². The van der Waals surface area contributed by atoms with Gasteiger partial charge < -0.3 is 10.1 Å². The number of hydrogen-bond acceptors (Lipinski definition) is 4. The Morgan fingerprint density at radius 3 is 2.75 bits per heavy atom. The maximum Gasteiger partial charge on any atom is 0.417 e. The summed E-state index contributed by atoms with van der Waals surface area (Å²) in [7, 11) is 0. The van der Waals surface area contributed by atoms with Crippen LogP contribution in [0, 0.1) is 0 Å². The summed E-state index contributed by atoms with van der Waals surface area (Å²) in [5.74, 6) is -0.340. The molecule has 1 N–H and O–H groups in total. The van der Waals surface area contributed by atoms with Crippen LogP contribution in [0.5, 0.6) is 0 Å². The molecule has 144 valence electrons. The molecule has 0 aliphatic carbocycles. The molecule has 0 saturated heterocycles. The average molecular weight is 387 g/mol. The van der Waals surface area contributed by atoms with E-state index in [2.05, 4.69) is 15.3 Å². The van der Waals surface area contributed by atoms with Crippen LogP contribution in [0.2, 0.25) is 0 Å². The van der Waals surface area contributed by atoms with Crippen molar-refractivity contribution in [1.29, 1.82) is 0 Å². The van der Waals surface area contributed by atoms with E-state index in [4.69, 9.17) is 4.74 Å². The molecule has 1 aromatic carbocycles. The summed E-state index contributed by atoms with van der Waals surface area (Å²) in [6, 6.07) is 7.39. The number of nitrogens with zero attached hydrogens (tertiary/aromatic N) is 2. The smallest absolute Gasteiger partial charge is 0.369 e. The van der Waals surface area contributed by atoms with Crippen LogP contribution in [-0.2, 0) is 24.1 Å². The highest BCUT2D eigenvalue weighted by molar-refractivity contribution is 5.98. The van der Waals surface area contributed by atoms with Gasteiger partial charge >= 0.3 is 6.18 Å². The Bertz CT molecular complexity index is 1050. The van der Waals surface area contributed by atoms with E-state index in [9.17, 15) is 18.0 Å². The van der Waals surface area contributed by atoms with E-state index >= 15 is 0 Å². The van der Waals surface area contributed by atoms with Gasteiger partial charge in [0, 0.05) is 28.9 Å². The number of pyridine rings is 2. The van der Waals surface area contributed by atoms with Crippen molar-refractivity contribution in [3.05, 3.63) is 70.7 Å². The minimum absolute atomic E-state index is 0.0281. The van der Waals surface area contributed by atoms with Gasteiger partial charge in [0.2, 0.25) is 0 Å². The molecule has 0 saturated carbocycles. The van der Waals surface area contributed by atoms with Crippen LogP contribution in [0.4, 0.5) is 13.2 Å². The minimum atomic E-state index is -4.44. The van der Waals surface area contributed by atoms with Crippen molar-refractivity contribution in [2.24, 2.45) is 0 Å². The number of alkyl halides is 3. The fourth-order valence-corrected chi connectivity index (χ4v) is 3.18. The topological polar surface area (TPSA) is 64.1 Å². The van der Waals surface area contributed by atoms with Crippen molar-refractivity contribution >= 4 is 16.8 Å². The van der Waals surface area contributed by atoms with Gasteiger partial charge in [0.1, 0.15) is 0 Å². The van der Waals surface area contributed by atoms with Gasteiger partial charge in [0.05, 0.1) is 36.0 Å². The molecule has 28 heavy (non-hydrogen) atoms. The fourth-order valence-electron chi connectivity index (χ4n) is 3.18. The lowest BCUT2D eigenvalue weighted by atomic mass is 10.0. The van der Waals surface area contributed by atoms with Gasteiger partial charge in [-0.2, -0.15) is 13.2 Å². The maximum absolute atomic E-state index is 12.6. The molecule has 1 aliphatic heterocycles. The minimum Gasteiger partial charge on any atom is -0.369 e. The molecule has 2 aromatic heterocycles. The first-order chi connectivity index (χ1) is 13.3. The second-order valence-electron chi connectivity index (χ2n) is 6.60. The number of benzene rings is 1. The Labute approximate surface area is 158 Å².